The topological polar surface area (TPSA) is 51.0 Å². The standard InChI is InChI=1S/C25H25ClN4O/c1-3-8-24-28-22-13-12-18(25(31)29(2)17-20-10-6-7-14-27-20)15-23(22)30(24)16-19-9-4-5-11-21(19)26/h4-7,9-15H,3,8,16-17H2,1-2H3. The zero-order chi connectivity index (χ0) is 21.8. The Labute approximate surface area is 187 Å². The minimum absolute atomic E-state index is 0.0462. The molecule has 2 aromatic heterocycles. The van der Waals surface area contributed by atoms with Crippen molar-refractivity contribution in [2.24, 2.45) is 0 Å². The second-order valence-electron chi connectivity index (χ2n) is 7.64. The first-order valence-electron chi connectivity index (χ1n) is 10.4. The summed E-state index contributed by atoms with van der Waals surface area (Å²) in [5, 5.41) is 0.731. The average molecular weight is 433 g/mol. The van der Waals surface area contributed by atoms with E-state index in [9.17, 15) is 4.79 Å². The minimum atomic E-state index is -0.0462. The van der Waals surface area contributed by atoms with Crippen LogP contribution in [0.1, 0.15) is 40.8 Å². The number of aromatic nitrogens is 3. The van der Waals surface area contributed by atoms with Crippen LogP contribution in [-0.2, 0) is 19.5 Å². The Hall–Kier alpha value is -3.18. The average Bonchev–Trinajstić information content (AvgIpc) is 3.12. The van der Waals surface area contributed by atoms with E-state index >= 15 is 0 Å². The first-order valence-corrected chi connectivity index (χ1v) is 10.8. The summed E-state index contributed by atoms with van der Waals surface area (Å²) in [5.74, 6) is 0.957. The van der Waals surface area contributed by atoms with E-state index in [2.05, 4.69) is 16.5 Å². The Morgan fingerprint density at radius 2 is 1.90 bits per heavy atom. The van der Waals surface area contributed by atoms with Gasteiger partial charge in [0.25, 0.3) is 5.91 Å². The van der Waals surface area contributed by atoms with E-state index in [0.29, 0.717) is 18.7 Å². The summed E-state index contributed by atoms with van der Waals surface area (Å²) >= 11 is 6.42. The number of fused-ring (bicyclic) bond motifs is 1. The van der Waals surface area contributed by atoms with Crippen molar-refractivity contribution in [3.05, 3.63) is 94.5 Å². The molecule has 5 nitrogen and oxygen atoms in total. The summed E-state index contributed by atoms with van der Waals surface area (Å²) in [6, 6.07) is 19.3. The molecule has 0 bridgehead atoms. The number of benzene rings is 2. The van der Waals surface area contributed by atoms with Gasteiger partial charge in [0.15, 0.2) is 0 Å². The maximum atomic E-state index is 13.1. The molecule has 0 fully saturated rings. The van der Waals surface area contributed by atoms with Gasteiger partial charge in [0.2, 0.25) is 0 Å². The molecule has 1 amide bonds. The van der Waals surface area contributed by atoms with Crippen molar-refractivity contribution in [3.63, 3.8) is 0 Å². The maximum absolute atomic E-state index is 13.1. The van der Waals surface area contributed by atoms with E-state index in [0.717, 1.165) is 46.0 Å². The van der Waals surface area contributed by atoms with Gasteiger partial charge in [-0.15, -0.1) is 0 Å². The van der Waals surface area contributed by atoms with Crippen LogP contribution in [0.2, 0.25) is 5.02 Å². The summed E-state index contributed by atoms with van der Waals surface area (Å²) < 4.78 is 2.18. The Kier molecular flexibility index (Phi) is 6.33. The number of amides is 1. The maximum Gasteiger partial charge on any atom is 0.254 e. The van der Waals surface area contributed by atoms with Crippen LogP contribution in [0, 0.1) is 0 Å². The number of rotatable bonds is 7. The summed E-state index contributed by atoms with van der Waals surface area (Å²) in [5.41, 5.74) is 4.35. The number of pyridine rings is 1. The lowest BCUT2D eigenvalue weighted by molar-refractivity contribution is 0.0783. The van der Waals surface area contributed by atoms with Gasteiger partial charge in [-0.2, -0.15) is 0 Å². The molecule has 0 radical (unpaired) electrons. The number of halogens is 1. The molecule has 0 saturated heterocycles. The summed E-state index contributed by atoms with van der Waals surface area (Å²) in [4.78, 5) is 23.9. The molecule has 0 saturated carbocycles. The predicted molar refractivity (Wildman–Crippen MR) is 124 cm³/mol. The molecule has 0 unspecified atom stereocenters. The second-order valence-corrected chi connectivity index (χ2v) is 8.05. The number of carbonyl (C=O) groups is 1. The lowest BCUT2D eigenvalue weighted by Crippen LogP contribution is -2.26. The van der Waals surface area contributed by atoms with Gasteiger partial charge in [-0.1, -0.05) is 42.8 Å². The Balaban J connectivity index is 1.68. The lowest BCUT2D eigenvalue weighted by Gasteiger charge is -2.17. The van der Waals surface area contributed by atoms with Crippen LogP contribution in [0.3, 0.4) is 0 Å². The van der Waals surface area contributed by atoms with Crippen molar-refractivity contribution in [2.75, 3.05) is 7.05 Å². The number of aryl methyl sites for hydroxylation is 1. The van der Waals surface area contributed by atoms with Crippen molar-refractivity contribution in [2.45, 2.75) is 32.9 Å². The molecule has 4 aromatic rings. The van der Waals surface area contributed by atoms with E-state index in [1.807, 2.05) is 60.7 Å². The van der Waals surface area contributed by atoms with Gasteiger partial charge in [-0.25, -0.2) is 4.98 Å². The van der Waals surface area contributed by atoms with Gasteiger partial charge >= 0.3 is 0 Å². The summed E-state index contributed by atoms with van der Waals surface area (Å²) in [6.45, 7) is 3.21. The van der Waals surface area contributed by atoms with E-state index in [1.54, 1.807) is 18.1 Å². The van der Waals surface area contributed by atoms with Gasteiger partial charge in [0, 0.05) is 30.3 Å². The fourth-order valence-electron chi connectivity index (χ4n) is 3.72. The highest BCUT2D eigenvalue weighted by molar-refractivity contribution is 6.31. The van der Waals surface area contributed by atoms with Gasteiger partial charge < -0.3 is 9.47 Å². The molecule has 2 heterocycles. The van der Waals surface area contributed by atoms with Crippen molar-refractivity contribution in [1.29, 1.82) is 0 Å². The third kappa shape index (κ3) is 4.62. The van der Waals surface area contributed by atoms with Crippen LogP contribution in [0.4, 0.5) is 0 Å². The molecule has 0 N–H and O–H groups in total. The van der Waals surface area contributed by atoms with Crippen molar-refractivity contribution in [3.8, 4) is 0 Å². The first kappa shape index (κ1) is 21.1. The van der Waals surface area contributed by atoms with Crippen LogP contribution in [0.25, 0.3) is 11.0 Å². The van der Waals surface area contributed by atoms with Gasteiger partial charge in [-0.05, 0) is 48.4 Å². The molecule has 4 rings (SSSR count). The van der Waals surface area contributed by atoms with Crippen molar-refractivity contribution < 1.29 is 4.79 Å². The van der Waals surface area contributed by atoms with Crippen LogP contribution >= 0.6 is 11.6 Å². The molecule has 0 spiro atoms. The number of imidazole rings is 1. The third-order valence-corrected chi connectivity index (χ3v) is 5.67. The molecule has 158 valence electrons. The van der Waals surface area contributed by atoms with Gasteiger partial charge in [-0.3, -0.25) is 9.78 Å². The Morgan fingerprint density at radius 3 is 2.65 bits per heavy atom. The zero-order valence-corrected chi connectivity index (χ0v) is 18.5. The molecule has 6 heteroatoms. The smallest absolute Gasteiger partial charge is 0.254 e. The minimum Gasteiger partial charge on any atom is -0.336 e. The number of nitrogens with zero attached hydrogens (tertiary/aromatic N) is 4. The quantitative estimate of drug-likeness (QED) is 0.395. The molecular formula is C25H25ClN4O. The summed E-state index contributed by atoms with van der Waals surface area (Å²) in [6.07, 6.45) is 3.59. The number of carbonyl (C=O) groups excluding carboxylic acids is 1. The van der Waals surface area contributed by atoms with Gasteiger partial charge in [0.05, 0.1) is 29.8 Å². The van der Waals surface area contributed by atoms with E-state index in [1.165, 1.54) is 0 Å². The highest BCUT2D eigenvalue weighted by Gasteiger charge is 2.17. The van der Waals surface area contributed by atoms with Crippen molar-refractivity contribution in [1.82, 2.24) is 19.4 Å². The number of hydrogen-bond donors (Lipinski definition) is 0. The predicted octanol–water partition coefficient (Wildman–Crippen LogP) is 5.36. The normalized spacial score (nSPS) is 11.1. The Bertz CT molecular complexity index is 1200. The van der Waals surface area contributed by atoms with Crippen LogP contribution in [0.15, 0.2) is 66.9 Å². The van der Waals surface area contributed by atoms with E-state index < -0.39 is 0 Å². The molecular weight excluding hydrogens is 408 g/mol. The summed E-state index contributed by atoms with van der Waals surface area (Å²) in [7, 11) is 1.80. The monoisotopic (exact) mass is 432 g/mol. The second kappa shape index (κ2) is 9.31. The Morgan fingerprint density at radius 1 is 1.10 bits per heavy atom. The highest BCUT2D eigenvalue weighted by atomic mass is 35.5. The molecule has 0 aliphatic heterocycles. The largest absolute Gasteiger partial charge is 0.336 e. The highest BCUT2D eigenvalue weighted by Crippen LogP contribution is 2.24. The van der Waals surface area contributed by atoms with Crippen LogP contribution in [0.5, 0.6) is 0 Å². The zero-order valence-electron chi connectivity index (χ0n) is 17.8. The lowest BCUT2D eigenvalue weighted by atomic mass is 10.1. The number of hydrogen-bond acceptors (Lipinski definition) is 3. The SMILES string of the molecule is CCCc1nc2ccc(C(=O)N(C)Cc3ccccn3)cc2n1Cc1ccccc1Cl. The van der Waals surface area contributed by atoms with E-state index in [-0.39, 0.29) is 5.91 Å². The molecule has 2 aromatic carbocycles. The fourth-order valence-corrected chi connectivity index (χ4v) is 3.92. The molecule has 31 heavy (non-hydrogen) atoms. The van der Waals surface area contributed by atoms with Crippen molar-refractivity contribution >= 4 is 28.5 Å². The molecule has 0 atom stereocenters. The van der Waals surface area contributed by atoms with Gasteiger partial charge in [0.1, 0.15) is 5.82 Å². The molecule has 0 aliphatic rings. The fraction of sp³-hybridized carbons (Fsp3) is 0.240. The van der Waals surface area contributed by atoms with E-state index in [4.69, 9.17) is 16.6 Å². The first-order chi connectivity index (χ1) is 15.1. The third-order valence-electron chi connectivity index (χ3n) is 5.31. The van der Waals surface area contributed by atoms with Crippen LogP contribution < -0.4 is 0 Å². The van der Waals surface area contributed by atoms with Crippen LogP contribution in [-0.4, -0.2) is 32.4 Å². The molecule has 0 aliphatic carbocycles.